The van der Waals surface area contributed by atoms with Gasteiger partial charge in [0.25, 0.3) is 0 Å². The van der Waals surface area contributed by atoms with E-state index < -0.39 is 6.10 Å². The van der Waals surface area contributed by atoms with E-state index in [-0.39, 0.29) is 11.9 Å². The van der Waals surface area contributed by atoms with Gasteiger partial charge < -0.3 is 10.4 Å². The number of carbonyl (C=O) groups excluding carboxylic acids is 1. The molecule has 4 nitrogen and oxygen atoms in total. The van der Waals surface area contributed by atoms with Crippen LogP contribution in [-0.4, -0.2) is 35.5 Å². The lowest BCUT2D eigenvalue weighted by atomic mass is 10.1. The SMILES string of the molecule is O=C1NCCN(CC(O)c2ccccc2)C1c1cccs1. The number of piperazine rings is 1. The number of carbonyl (C=O) groups is 1. The standard InChI is InChI=1S/C16H18N2O2S/c19-13(12-5-2-1-3-6-12)11-18-9-8-17-16(20)15(18)14-7-4-10-21-14/h1-7,10,13,15,19H,8-9,11H2,(H,17,20). The first-order valence-corrected chi connectivity index (χ1v) is 7.92. The summed E-state index contributed by atoms with van der Waals surface area (Å²) in [4.78, 5) is 15.3. The molecule has 1 aromatic carbocycles. The minimum absolute atomic E-state index is 0.0176. The average Bonchev–Trinajstić information content (AvgIpc) is 3.02. The highest BCUT2D eigenvalue weighted by atomic mass is 32.1. The van der Waals surface area contributed by atoms with E-state index in [0.29, 0.717) is 13.1 Å². The molecule has 2 unspecified atom stereocenters. The summed E-state index contributed by atoms with van der Waals surface area (Å²) in [7, 11) is 0. The number of nitrogens with zero attached hydrogens (tertiary/aromatic N) is 1. The van der Waals surface area contributed by atoms with Crippen molar-refractivity contribution in [3.8, 4) is 0 Å². The van der Waals surface area contributed by atoms with Gasteiger partial charge in [0.2, 0.25) is 5.91 Å². The number of β-amino-alcohol motifs (C(OH)–C–C–N with tert-alkyl or cyclic N) is 1. The predicted octanol–water partition coefficient (Wildman–Crippen LogP) is 1.95. The fourth-order valence-corrected chi connectivity index (χ4v) is 3.53. The number of aliphatic hydroxyl groups excluding tert-OH is 1. The third-order valence-corrected chi connectivity index (χ3v) is 4.64. The van der Waals surface area contributed by atoms with Crippen molar-refractivity contribution in [3.05, 3.63) is 58.3 Å². The molecule has 0 spiro atoms. The van der Waals surface area contributed by atoms with E-state index in [9.17, 15) is 9.90 Å². The van der Waals surface area contributed by atoms with Gasteiger partial charge in [-0.25, -0.2) is 0 Å². The molecule has 1 aliphatic rings. The van der Waals surface area contributed by atoms with Crippen LogP contribution in [-0.2, 0) is 4.79 Å². The van der Waals surface area contributed by atoms with Crippen molar-refractivity contribution in [2.75, 3.05) is 19.6 Å². The summed E-state index contributed by atoms with van der Waals surface area (Å²) in [6, 6.07) is 13.2. The van der Waals surface area contributed by atoms with Crippen LogP contribution in [0.25, 0.3) is 0 Å². The van der Waals surface area contributed by atoms with E-state index in [1.54, 1.807) is 11.3 Å². The highest BCUT2D eigenvalue weighted by Crippen LogP contribution is 2.28. The fourth-order valence-electron chi connectivity index (χ4n) is 2.67. The normalized spacial score (nSPS) is 21.0. The van der Waals surface area contributed by atoms with Crippen LogP contribution >= 0.6 is 11.3 Å². The molecular formula is C16H18N2O2S. The first kappa shape index (κ1) is 14.3. The number of aliphatic hydroxyl groups is 1. The van der Waals surface area contributed by atoms with E-state index in [1.807, 2.05) is 47.8 Å². The summed E-state index contributed by atoms with van der Waals surface area (Å²) in [5, 5.41) is 15.3. The van der Waals surface area contributed by atoms with Crippen LogP contribution in [0.4, 0.5) is 0 Å². The Kier molecular flexibility index (Phi) is 4.34. The highest BCUT2D eigenvalue weighted by molar-refractivity contribution is 7.10. The molecule has 2 atom stereocenters. The average molecular weight is 302 g/mol. The van der Waals surface area contributed by atoms with E-state index in [1.165, 1.54) is 0 Å². The number of amides is 1. The van der Waals surface area contributed by atoms with Gasteiger partial charge in [-0.3, -0.25) is 9.69 Å². The van der Waals surface area contributed by atoms with Crippen LogP contribution in [0.5, 0.6) is 0 Å². The maximum absolute atomic E-state index is 12.2. The van der Waals surface area contributed by atoms with Gasteiger partial charge in [-0.2, -0.15) is 0 Å². The molecule has 0 saturated carbocycles. The summed E-state index contributed by atoms with van der Waals surface area (Å²) in [5.74, 6) is 0.0176. The van der Waals surface area contributed by atoms with Crippen LogP contribution in [0, 0.1) is 0 Å². The molecule has 0 aliphatic carbocycles. The van der Waals surface area contributed by atoms with E-state index in [2.05, 4.69) is 10.2 Å². The minimum Gasteiger partial charge on any atom is -0.387 e. The minimum atomic E-state index is -0.584. The van der Waals surface area contributed by atoms with Crippen molar-refractivity contribution in [3.63, 3.8) is 0 Å². The number of nitrogens with one attached hydrogen (secondary N) is 1. The third kappa shape index (κ3) is 3.15. The Labute approximate surface area is 128 Å². The lowest BCUT2D eigenvalue weighted by Gasteiger charge is -2.35. The number of hydrogen-bond acceptors (Lipinski definition) is 4. The largest absolute Gasteiger partial charge is 0.387 e. The second-order valence-corrected chi connectivity index (χ2v) is 6.11. The lowest BCUT2D eigenvalue weighted by molar-refractivity contribution is -0.129. The number of hydrogen-bond donors (Lipinski definition) is 2. The molecule has 1 aliphatic heterocycles. The molecule has 0 bridgehead atoms. The fraction of sp³-hybridized carbons (Fsp3) is 0.312. The van der Waals surface area contributed by atoms with Crippen LogP contribution in [0.2, 0.25) is 0 Å². The summed E-state index contributed by atoms with van der Waals surface area (Å²) >= 11 is 1.58. The van der Waals surface area contributed by atoms with E-state index >= 15 is 0 Å². The number of benzene rings is 1. The van der Waals surface area contributed by atoms with Crippen molar-refractivity contribution in [1.29, 1.82) is 0 Å². The van der Waals surface area contributed by atoms with Gasteiger partial charge in [-0.15, -0.1) is 11.3 Å². The van der Waals surface area contributed by atoms with Crippen molar-refractivity contribution in [1.82, 2.24) is 10.2 Å². The molecular weight excluding hydrogens is 284 g/mol. The Morgan fingerprint density at radius 3 is 2.81 bits per heavy atom. The van der Waals surface area contributed by atoms with Gasteiger partial charge in [0.05, 0.1) is 6.10 Å². The molecule has 21 heavy (non-hydrogen) atoms. The van der Waals surface area contributed by atoms with Crippen LogP contribution < -0.4 is 5.32 Å². The number of thiophene rings is 1. The van der Waals surface area contributed by atoms with Crippen LogP contribution in [0.15, 0.2) is 47.8 Å². The monoisotopic (exact) mass is 302 g/mol. The molecule has 1 aromatic heterocycles. The zero-order chi connectivity index (χ0) is 14.7. The Morgan fingerprint density at radius 1 is 1.29 bits per heavy atom. The maximum Gasteiger partial charge on any atom is 0.242 e. The van der Waals surface area contributed by atoms with Gasteiger partial charge in [0.15, 0.2) is 0 Å². The van der Waals surface area contributed by atoms with Crippen molar-refractivity contribution < 1.29 is 9.90 Å². The van der Waals surface area contributed by atoms with Crippen molar-refractivity contribution in [2.24, 2.45) is 0 Å². The Hall–Kier alpha value is -1.69. The molecule has 1 amide bonds. The van der Waals surface area contributed by atoms with Crippen LogP contribution in [0.1, 0.15) is 22.6 Å². The molecule has 0 radical (unpaired) electrons. The predicted molar refractivity (Wildman–Crippen MR) is 83.0 cm³/mol. The van der Waals surface area contributed by atoms with E-state index in [0.717, 1.165) is 17.0 Å². The van der Waals surface area contributed by atoms with Crippen molar-refractivity contribution >= 4 is 17.2 Å². The molecule has 1 saturated heterocycles. The van der Waals surface area contributed by atoms with Gasteiger partial charge in [-0.05, 0) is 17.0 Å². The Morgan fingerprint density at radius 2 is 2.10 bits per heavy atom. The maximum atomic E-state index is 12.2. The molecule has 1 fully saturated rings. The summed E-state index contributed by atoms with van der Waals surface area (Å²) in [6.45, 7) is 1.83. The molecule has 5 heteroatoms. The number of rotatable bonds is 4. The molecule has 2 heterocycles. The Balaban J connectivity index is 1.77. The quantitative estimate of drug-likeness (QED) is 0.908. The smallest absolute Gasteiger partial charge is 0.242 e. The second kappa shape index (κ2) is 6.39. The summed E-state index contributed by atoms with van der Waals surface area (Å²) < 4.78 is 0. The zero-order valence-electron chi connectivity index (χ0n) is 11.6. The summed E-state index contributed by atoms with van der Waals surface area (Å²) in [5.41, 5.74) is 0.883. The van der Waals surface area contributed by atoms with Crippen molar-refractivity contribution in [2.45, 2.75) is 12.1 Å². The Bertz CT molecular complexity index is 586. The lowest BCUT2D eigenvalue weighted by Crippen LogP contribution is -2.50. The molecule has 2 N–H and O–H groups in total. The molecule has 2 aromatic rings. The van der Waals surface area contributed by atoms with Gasteiger partial charge in [0.1, 0.15) is 6.04 Å². The third-order valence-electron chi connectivity index (χ3n) is 3.72. The highest BCUT2D eigenvalue weighted by Gasteiger charge is 2.32. The first-order valence-electron chi connectivity index (χ1n) is 7.04. The van der Waals surface area contributed by atoms with Gasteiger partial charge >= 0.3 is 0 Å². The zero-order valence-corrected chi connectivity index (χ0v) is 12.4. The topological polar surface area (TPSA) is 52.6 Å². The first-order chi connectivity index (χ1) is 10.3. The second-order valence-electron chi connectivity index (χ2n) is 5.13. The van der Waals surface area contributed by atoms with Gasteiger partial charge in [0, 0.05) is 24.5 Å². The summed E-state index contributed by atoms with van der Waals surface area (Å²) in [6.07, 6.45) is -0.584. The molecule has 3 rings (SSSR count). The molecule has 110 valence electrons. The van der Waals surface area contributed by atoms with E-state index in [4.69, 9.17) is 0 Å². The van der Waals surface area contributed by atoms with Crippen LogP contribution in [0.3, 0.4) is 0 Å². The van der Waals surface area contributed by atoms with Gasteiger partial charge in [-0.1, -0.05) is 36.4 Å².